The van der Waals surface area contributed by atoms with Crippen molar-refractivity contribution in [1.82, 2.24) is 15.1 Å². The third-order valence-electron chi connectivity index (χ3n) is 5.27. The molecule has 0 radical (unpaired) electrons. The SMILES string of the molecule is COc1cccc([C@H]2NC(=O)N(C)C3=C2C(=O)N([C@H](C)C(C)C)C3)c1. The summed E-state index contributed by atoms with van der Waals surface area (Å²) in [6, 6.07) is 6.94. The highest BCUT2D eigenvalue weighted by Crippen LogP contribution is 2.37. The van der Waals surface area contributed by atoms with E-state index in [9.17, 15) is 9.59 Å². The van der Waals surface area contributed by atoms with E-state index in [-0.39, 0.29) is 18.0 Å². The monoisotopic (exact) mass is 343 g/mol. The Labute approximate surface area is 148 Å². The van der Waals surface area contributed by atoms with Gasteiger partial charge in [0.05, 0.1) is 31.0 Å². The fourth-order valence-corrected chi connectivity index (χ4v) is 3.35. The molecule has 1 N–H and O–H groups in total. The van der Waals surface area contributed by atoms with Crippen LogP contribution >= 0.6 is 0 Å². The number of ether oxygens (including phenoxy) is 1. The van der Waals surface area contributed by atoms with E-state index in [0.717, 1.165) is 11.3 Å². The predicted octanol–water partition coefficient (Wildman–Crippen LogP) is 2.53. The van der Waals surface area contributed by atoms with Crippen molar-refractivity contribution in [2.75, 3.05) is 20.7 Å². The number of carbonyl (C=O) groups is 2. The van der Waals surface area contributed by atoms with Crippen LogP contribution in [0.5, 0.6) is 5.75 Å². The van der Waals surface area contributed by atoms with Gasteiger partial charge in [0, 0.05) is 13.1 Å². The summed E-state index contributed by atoms with van der Waals surface area (Å²) in [5.41, 5.74) is 2.29. The average Bonchev–Trinajstić information content (AvgIpc) is 2.95. The minimum absolute atomic E-state index is 0.00382. The molecule has 0 bridgehead atoms. The zero-order valence-electron chi connectivity index (χ0n) is 15.4. The van der Waals surface area contributed by atoms with Crippen molar-refractivity contribution in [2.45, 2.75) is 32.9 Å². The van der Waals surface area contributed by atoms with Gasteiger partial charge in [-0.3, -0.25) is 9.69 Å². The van der Waals surface area contributed by atoms with Gasteiger partial charge in [-0.1, -0.05) is 26.0 Å². The summed E-state index contributed by atoms with van der Waals surface area (Å²) < 4.78 is 5.29. The van der Waals surface area contributed by atoms with E-state index in [4.69, 9.17) is 4.74 Å². The predicted molar refractivity (Wildman–Crippen MR) is 95.1 cm³/mol. The van der Waals surface area contributed by atoms with Crippen molar-refractivity contribution in [3.63, 3.8) is 0 Å². The molecule has 3 amide bonds. The number of likely N-dealkylation sites (N-methyl/N-ethyl adjacent to an activating group) is 1. The molecule has 1 aromatic carbocycles. The molecule has 0 spiro atoms. The van der Waals surface area contributed by atoms with E-state index in [1.807, 2.05) is 29.2 Å². The Hall–Kier alpha value is -2.50. The van der Waals surface area contributed by atoms with Crippen LogP contribution in [-0.4, -0.2) is 48.5 Å². The molecular weight excluding hydrogens is 318 g/mol. The number of hydrogen-bond donors (Lipinski definition) is 1. The van der Waals surface area contributed by atoms with Crippen LogP contribution in [0, 0.1) is 5.92 Å². The molecule has 2 aliphatic rings. The number of hydrogen-bond acceptors (Lipinski definition) is 3. The maximum atomic E-state index is 13.1. The first-order valence-corrected chi connectivity index (χ1v) is 8.57. The molecule has 6 heteroatoms. The lowest BCUT2D eigenvalue weighted by Crippen LogP contribution is -2.45. The van der Waals surface area contributed by atoms with Crippen LogP contribution in [0.15, 0.2) is 35.5 Å². The average molecular weight is 343 g/mol. The Morgan fingerprint density at radius 1 is 1.24 bits per heavy atom. The normalized spacial score (nSPS) is 21.6. The van der Waals surface area contributed by atoms with Crippen molar-refractivity contribution in [1.29, 1.82) is 0 Å². The topological polar surface area (TPSA) is 61.9 Å². The molecule has 6 nitrogen and oxygen atoms in total. The number of methoxy groups -OCH3 is 1. The Kier molecular flexibility index (Phi) is 4.45. The number of amides is 3. The Morgan fingerprint density at radius 2 is 1.96 bits per heavy atom. The Morgan fingerprint density at radius 3 is 2.60 bits per heavy atom. The summed E-state index contributed by atoms with van der Waals surface area (Å²) in [7, 11) is 3.31. The lowest BCUT2D eigenvalue weighted by molar-refractivity contribution is -0.128. The zero-order chi connectivity index (χ0) is 18.3. The molecule has 0 fully saturated rings. The number of benzene rings is 1. The van der Waals surface area contributed by atoms with Gasteiger partial charge < -0.3 is 15.0 Å². The fourth-order valence-electron chi connectivity index (χ4n) is 3.35. The summed E-state index contributed by atoms with van der Waals surface area (Å²) in [5.74, 6) is 1.04. The van der Waals surface area contributed by atoms with Crippen LogP contribution in [0.3, 0.4) is 0 Å². The van der Waals surface area contributed by atoms with Gasteiger partial charge in [0.15, 0.2) is 0 Å². The fraction of sp³-hybridized carbons (Fsp3) is 0.474. The number of nitrogens with zero attached hydrogens (tertiary/aromatic N) is 2. The van der Waals surface area contributed by atoms with Crippen molar-refractivity contribution in [3.05, 3.63) is 41.1 Å². The summed E-state index contributed by atoms with van der Waals surface area (Å²) in [4.78, 5) is 29.0. The maximum absolute atomic E-state index is 13.1. The molecular formula is C19H25N3O3. The summed E-state index contributed by atoms with van der Waals surface area (Å²) >= 11 is 0. The number of rotatable bonds is 4. The van der Waals surface area contributed by atoms with E-state index in [0.29, 0.717) is 23.8 Å². The van der Waals surface area contributed by atoms with Crippen LogP contribution in [0.4, 0.5) is 4.79 Å². The third-order valence-corrected chi connectivity index (χ3v) is 5.27. The second-order valence-corrected chi connectivity index (χ2v) is 7.00. The van der Waals surface area contributed by atoms with Crippen LogP contribution in [0.1, 0.15) is 32.4 Å². The second-order valence-electron chi connectivity index (χ2n) is 7.00. The van der Waals surface area contributed by atoms with Gasteiger partial charge in [0.1, 0.15) is 5.75 Å². The van der Waals surface area contributed by atoms with Gasteiger partial charge >= 0.3 is 6.03 Å². The van der Waals surface area contributed by atoms with Gasteiger partial charge in [-0.2, -0.15) is 0 Å². The lowest BCUT2D eigenvalue weighted by atomic mass is 9.95. The molecule has 1 aromatic rings. The van der Waals surface area contributed by atoms with E-state index in [2.05, 4.69) is 26.1 Å². The molecule has 0 aliphatic carbocycles. The highest BCUT2D eigenvalue weighted by Gasteiger charge is 2.44. The molecule has 0 unspecified atom stereocenters. The van der Waals surface area contributed by atoms with Gasteiger partial charge in [0.2, 0.25) is 0 Å². The van der Waals surface area contributed by atoms with Gasteiger partial charge in [-0.25, -0.2) is 4.79 Å². The molecule has 2 atom stereocenters. The standard InChI is InChI=1S/C19H25N3O3/c1-11(2)12(3)22-10-15-16(18(22)23)17(20-19(24)21(15)4)13-7-6-8-14(9-13)25-5/h6-9,11-12,17H,10H2,1-5H3,(H,20,24)/t12-,17-/m1/s1. The Balaban J connectivity index is 2.03. The highest BCUT2D eigenvalue weighted by atomic mass is 16.5. The van der Waals surface area contributed by atoms with Gasteiger partial charge in [-0.05, 0) is 30.5 Å². The zero-order valence-corrected chi connectivity index (χ0v) is 15.4. The van der Waals surface area contributed by atoms with Crippen molar-refractivity contribution >= 4 is 11.9 Å². The van der Waals surface area contributed by atoms with Crippen molar-refractivity contribution in [2.24, 2.45) is 5.92 Å². The van der Waals surface area contributed by atoms with E-state index < -0.39 is 6.04 Å². The molecule has 2 aliphatic heterocycles. The van der Waals surface area contributed by atoms with E-state index in [1.54, 1.807) is 19.1 Å². The van der Waals surface area contributed by atoms with Crippen LogP contribution < -0.4 is 10.1 Å². The molecule has 2 heterocycles. The number of urea groups is 1. The minimum Gasteiger partial charge on any atom is -0.497 e. The van der Waals surface area contributed by atoms with E-state index >= 15 is 0 Å². The minimum atomic E-state index is -0.453. The third kappa shape index (κ3) is 2.86. The second kappa shape index (κ2) is 6.43. The van der Waals surface area contributed by atoms with E-state index in [1.165, 1.54) is 0 Å². The Bertz CT molecular complexity index is 741. The van der Waals surface area contributed by atoms with Gasteiger partial charge in [0.25, 0.3) is 5.91 Å². The molecule has 0 saturated heterocycles. The molecule has 0 aromatic heterocycles. The quantitative estimate of drug-likeness (QED) is 0.914. The molecule has 134 valence electrons. The highest BCUT2D eigenvalue weighted by molar-refractivity contribution is 6.01. The number of carbonyl (C=O) groups excluding carboxylic acids is 2. The summed E-state index contributed by atoms with van der Waals surface area (Å²) in [6.45, 7) is 6.72. The summed E-state index contributed by atoms with van der Waals surface area (Å²) in [5, 5.41) is 2.95. The first kappa shape index (κ1) is 17.3. The van der Waals surface area contributed by atoms with Crippen molar-refractivity contribution < 1.29 is 14.3 Å². The smallest absolute Gasteiger partial charge is 0.322 e. The first-order chi connectivity index (χ1) is 11.8. The van der Waals surface area contributed by atoms with Gasteiger partial charge in [-0.15, -0.1) is 0 Å². The maximum Gasteiger partial charge on any atom is 0.322 e. The van der Waals surface area contributed by atoms with Crippen molar-refractivity contribution in [3.8, 4) is 5.75 Å². The van der Waals surface area contributed by atoms with Crippen LogP contribution in [-0.2, 0) is 4.79 Å². The van der Waals surface area contributed by atoms with Crippen LogP contribution in [0.25, 0.3) is 0 Å². The first-order valence-electron chi connectivity index (χ1n) is 8.57. The molecule has 0 saturated carbocycles. The lowest BCUT2D eigenvalue weighted by Gasteiger charge is -2.31. The molecule has 3 rings (SSSR count). The molecule has 25 heavy (non-hydrogen) atoms. The summed E-state index contributed by atoms with van der Waals surface area (Å²) in [6.07, 6.45) is 0. The number of nitrogens with one attached hydrogen (secondary N) is 1. The largest absolute Gasteiger partial charge is 0.497 e. The van der Waals surface area contributed by atoms with Crippen LogP contribution in [0.2, 0.25) is 0 Å².